The summed E-state index contributed by atoms with van der Waals surface area (Å²) in [6.45, 7) is 8.30. The summed E-state index contributed by atoms with van der Waals surface area (Å²) in [5, 5.41) is 1.17. The normalized spacial score (nSPS) is 10.6. The van der Waals surface area contributed by atoms with Crippen LogP contribution in [0.25, 0.3) is 16.5 Å². The molecule has 2 aromatic carbocycles. The van der Waals surface area contributed by atoms with Gasteiger partial charge >= 0.3 is 0 Å². The number of hydrogen-bond acceptors (Lipinski definition) is 4. The van der Waals surface area contributed by atoms with Gasteiger partial charge in [-0.15, -0.1) is 0 Å². The molecule has 0 aliphatic rings. The third-order valence-electron chi connectivity index (χ3n) is 5.88. The summed E-state index contributed by atoms with van der Waals surface area (Å²) in [5.41, 5.74) is 8.06. The minimum atomic E-state index is -0.113. The van der Waals surface area contributed by atoms with Gasteiger partial charge in [0.2, 0.25) is 17.0 Å². The maximum absolute atomic E-state index is 13.0. The summed E-state index contributed by atoms with van der Waals surface area (Å²) in [6.07, 6.45) is 4.61. The van der Waals surface area contributed by atoms with E-state index in [1.807, 2.05) is 40.1 Å². The molecule has 4 aromatic rings. The lowest BCUT2D eigenvalue weighted by Gasteiger charge is -2.14. The molecule has 4 rings (SSSR count). The molecule has 0 spiro atoms. The van der Waals surface area contributed by atoms with E-state index < -0.39 is 0 Å². The Labute approximate surface area is 211 Å². The van der Waals surface area contributed by atoms with E-state index in [9.17, 15) is 4.79 Å². The van der Waals surface area contributed by atoms with E-state index in [2.05, 4.69) is 63.4 Å². The van der Waals surface area contributed by atoms with Crippen LogP contribution in [0.2, 0.25) is 0 Å². The number of benzene rings is 2. The molecule has 0 amide bonds. The van der Waals surface area contributed by atoms with E-state index in [1.165, 1.54) is 23.5 Å². The molecule has 0 unspecified atom stereocenters. The maximum atomic E-state index is 13.0. The Kier molecular flexibility index (Phi) is 7.27. The first-order valence-corrected chi connectivity index (χ1v) is 10.5. The molecule has 2 heterocycles. The molecule has 0 aliphatic heterocycles. The van der Waals surface area contributed by atoms with Crippen LogP contribution in [-0.2, 0) is 7.05 Å². The summed E-state index contributed by atoms with van der Waals surface area (Å²) in [5.74, 6) is -0.113. The number of nitrogens with zero attached hydrogens (tertiary/aromatic N) is 4. The standard InChI is InChI=1S/C27H27N4O.HI/c1-17-13-21(14-18(2)26(17)27(32)23-16-28-11-12-29-23)19(3)24-9-7-20-15-22(30(4)5)8-10-25(20)31(24)6;/h7-16H,3H2,1-2,4-6H3;1H/q+1;/p-1. The van der Waals surface area contributed by atoms with Crippen LogP contribution in [0.5, 0.6) is 0 Å². The molecule has 6 heteroatoms. The number of anilines is 1. The number of hydrogen-bond donors (Lipinski definition) is 0. The fourth-order valence-electron chi connectivity index (χ4n) is 4.16. The zero-order chi connectivity index (χ0) is 23.0. The number of rotatable bonds is 5. The van der Waals surface area contributed by atoms with Crippen molar-refractivity contribution in [1.82, 2.24) is 9.97 Å². The SMILES string of the molecule is C=C(c1cc(C)c(C(=O)c2cnccn2)c(C)c1)c1ccc2cc(N(C)C)ccc2[n+]1C.[I-]. The molecule has 0 radical (unpaired) electrons. The quantitative estimate of drug-likeness (QED) is 0.215. The number of carbonyl (C=O) groups excluding carboxylic acids is 1. The van der Waals surface area contributed by atoms with Gasteiger partial charge in [-0.2, -0.15) is 4.57 Å². The second-order valence-electron chi connectivity index (χ2n) is 8.30. The molecule has 168 valence electrons. The highest BCUT2D eigenvalue weighted by atomic mass is 127. The second-order valence-corrected chi connectivity index (χ2v) is 8.30. The van der Waals surface area contributed by atoms with Crippen molar-refractivity contribution in [2.45, 2.75) is 13.8 Å². The lowest BCUT2D eigenvalue weighted by Crippen LogP contribution is -3.00. The molecule has 0 saturated heterocycles. The smallest absolute Gasteiger partial charge is 0.213 e. The first-order chi connectivity index (χ1) is 15.3. The van der Waals surface area contributed by atoms with Crippen molar-refractivity contribution >= 4 is 27.9 Å². The van der Waals surface area contributed by atoms with Gasteiger partial charge in [-0.3, -0.25) is 9.78 Å². The van der Waals surface area contributed by atoms with Crippen molar-refractivity contribution in [3.8, 4) is 0 Å². The zero-order valence-electron chi connectivity index (χ0n) is 19.6. The van der Waals surface area contributed by atoms with Crippen LogP contribution < -0.4 is 33.4 Å². The van der Waals surface area contributed by atoms with Crippen molar-refractivity contribution in [1.29, 1.82) is 0 Å². The fourth-order valence-corrected chi connectivity index (χ4v) is 4.16. The number of fused-ring (bicyclic) bond motifs is 1. The molecular formula is C27H27IN4O. The Balaban J connectivity index is 0.00000306. The Morgan fingerprint density at radius 1 is 1.00 bits per heavy atom. The van der Waals surface area contributed by atoms with Crippen molar-refractivity contribution in [2.24, 2.45) is 7.05 Å². The molecule has 0 atom stereocenters. The Morgan fingerprint density at radius 2 is 1.70 bits per heavy atom. The number of ketones is 1. The summed E-state index contributed by atoms with van der Waals surface area (Å²) in [4.78, 5) is 23.3. The van der Waals surface area contributed by atoms with E-state index >= 15 is 0 Å². The van der Waals surface area contributed by atoms with Gasteiger partial charge in [0, 0.05) is 60.8 Å². The summed E-state index contributed by atoms with van der Waals surface area (Å²) in [7, 11) is 6.14. The highest BCUT2D eigenvalue weighted by molar-refractivity contribution is 6.09. The molecular weight excluding hydrogens is 523 g/mol. The first kappa shape index (κ1) is 24.5. The molecule has 0 saturated carbocycles. The van der Waals surface area contributed by atoms with E-state index in [0.29, 0.717) is 11.3 Å². The van der Waals surface area contributed by atoms with Crippen molar-refractivity contribution < 1.29 is 33.3 Å². The van der Waals surface area contributed by atoms with Crippen LogP contribution in [0.1, 0.15) is 38.4 Å². The largest absolute Gasteiger partial charge is 1.00 e. The van der Waals surface area contributed by atoms with Gasteiger partial charge in [-0.25, -0.2) is 4.98 Å². The molecule has 0 N–H and O–H groups in total. The molecule has 33 heavy (non-hydrogen) atoms. The molecule has 2 aromatic heterocycles. The Bertz CT molecular complexity index is 1340. The van der Waals surface area contributed by atoms with E-state index in [0.717, 1.165) is 33.5 Å². The topological polar surface area (TPSA) is 50.0 Å². The minimum absolute atomic E-state index is 0. The Morgan fingerprint density at radius 3 is 2.30 bits per heavy atom. The van der Waals surface area contributed by atoms with Gasteiger partial charge in [0.1, 0.15) is 12.7 Å². The predicted octanol–water partition coefficient (Wildman–Crippen LogP) is 1.43. The number of halogens is 1. The van der Waals surface area contributed by atoms with Crippen molar-refractivity contribution in [2.75, 3.05) is 19.0 Å². The number of aromatic nitrogens is 3. The van der Waals surface area contributed by atoms with Gasteiger partial charge in [0.15, 0.2) is 0 Å². The number of carbonyl (C=O) groups is 1. The minimum Gasteiger partial charge on any atom is -1.00 e. The number of pyridine rings is 1. The lowest BCUT2D eigenvalue weighted by atomic mass is 9.91. The summed E-state index contributed by atoms with van der Waals surface area (Å²) < 4.78 is 2.17. The van der Waals surface area contributed by atoms with Gasteiger partial charge in [0.05, 0.1) is 6.20 Å². The van der Waals surface area contributed by atoms with Crippen LogP contribution >= 0.6 is 0 Å². The van der Waals surface area contributed by atoms with Crippen LogP contribution in [0, 0.1) is 13.8 Å². The van der Waals surface area contributed by atoms with Crippen molar-refractivity contribution in [3.05, 3.63) is 101 Å². The van der Waals surface area contributed by atoms with Gasteiger partial charge in [0.25, 0.3) is 0 Å². The van der Waals surface area contributed by atoms with Crippen LogP contribution in [-0.4, -0.2) is 29.8 Å². The molecule has 5 nitrogen and oxygen atoms in total. The van der Waals surface area contributed by atoms with Gasteiger partial charge in [-0.05, 0) is 48.7 Å². The van der Waals surface area contributed by atoms with Gasteiger partial charge in [-0.1, -0.05) is 18.7 Å². The second kappa shape index (κ2) is 9.79. The maximum Gasteiger partial charge on any atom is 0.213 e. The lowest BCUT2D eigenvalue weighted by molar-refractivity contribution is -0.647. The zero-order valence-corrected chi connectivity index (χ0v) is 21.7. The third kappa shape index (κ3) is 4.66. The molecule has 0 bridgehead atoms. The highest BCUT2D eigenvalue weighted by Crippen LogP contribution is 2.27. The van der Waals surface area contributed by atoms with Gasteiger partial charge < -0.3 is 28.9 Å². The fraction of sp³-hybridized carbons (Fsp3) is 0.185. The van der Waals surface area contributed by atoms with E-state index in [1.54, 1.807) is 6.20 Å². The Hall–Kier alpha value is -3.13. The van der Waals surface area contributed by atoms with Crippen LogP contribution in [0.3, 0.4) is 0 Å². The molecule has 0 aliphatic carbocycles. The highest BCUT2D eigenvalue weighted by Gasteiger charge is 2.21. The van der Waals surface area contributed by atoms with E-state index in [4.69, 9.17) is 0 Å². The summed E-state index contributed by atoms with van der Waals surface area (Å²) in [6, 6.07) is 14.7. The van der Waals surface area contributed by atoms with Crippen LogP contribution in [0.4, 0.5) is 5.69 Å². The van der Waals surface area contributed by atoms with Crippen LogP contribution in [0.15, 0.2) is 67.6 Å². The number of aryl methyl sites for hydroxylation is 3. The monoisotopic (exact) mass is 550 g/mol. The summed E-state index contributed by atoms with van der Waals surface area (Å²) >= 11 is 0. The van der Waals surface area contributed by atoms with Crippen molar-refractivity contribution in [3.63, 3.8) is 0 Å². The molecule has 0 fully saturated rings. The first-order valence-electron chi connectivity index (χ1n) is 10.5. The van der Waals surface area contributed by atoms with E-state index in [-0.39, 0.29) is 29.8 Å². The third-order valence-corrected chi connectivity index (χ3v) is 5.88. The average molecular weight is 550 g/mol. The average Bonchev–Trinajstić information content (AvgIpc) is 2.78. The predicted molar refractivity (Wildman–Crippen MR) is 129 cm³/mol.